The van der Waals surface area contributed by atoms with Gasteiger partial charge < -0.3 is 15.0 Å². The topological polar surface area (TPSA) is 59.4 Å². The lowest BCUT2D eigenvalue weighted by atomic mass is 10.1. The first kappa shape index (κ1) is 18.9. The van der Waals surface area contributed by atoms with E-state index in [1.807, 2.05) is 27.1 Å². The van der Waals surface area contributed by atoms with Gasteiger partial charge in [-0.05, 0) is 20.9 Å². The van der Waals surface area contributed by atoms with Crippen LogP contribution in [0.1, 0.15) is 25.5 Å². The highest BCUT2D eigenvalue weighted by Crippen LogP contribution is 2.14. The van der Waals surface area contributed by atoms with Crippen molar-refractivity contribution in [1.29, 1.82) is 0 Å². The third-order valence-corrected chi connectivity index (χ3v) is 3.00. The molecule has 7 heteroatoms. The molecule has 0 saturated carbocycles. The average molecular weight is 305 g/mol. The number of amides is 1. The molecule has 1 aromatic heterocycles. The van der Waals surface area contributed by atoms with Crippen LogP contribution in [0.4, 0.5) is 0 Å². The van der Waals surface area contributed by atoms with Crippen LogP contribution < -0.4 is 5.32 Å². The maximum absolute atomic E-state index is 12.5. The molecule has 1 atom stereocenters. The van der Waals surface area contributed by atoms with Crippen molar-refractivity contribution in [2.24, 2.45) is 7.05 Å². The molecule has 6 nitrogen and oxygen atoms in total. The SMILES string of the molecule is CCOCCN(CC)C(=O)C(NC)c1cnn(C)c1.Cl. The number of hydrogen-bond donors (Lipinski definition) is 1. The highest BCUT2D eigenvalue weighted by atomic mass is 35.5. The second-order valence-electron chi connectivity index (χ2n) is 4.28. The molecule has 1 amide bonds. The summed E-state index contributed by atoms with van der Waals surface area (Å²) < 4.78 is 7.01. The maximum Gasteiger partial charge on any atom is 0.244 e. The smallest absolute Gasteiger partial charge is 0.244 e. The van der Waals surface area contributed by atoms with Crippen molar-refractivity contribution in [2.45, 2.75) is 19.9 Å². The number of rotatable bonds is 8. The second-order valence-corrected chi connectivity index (χ2v) is 4.28. The molecular formula is C13H25ClN4O2. The van der Waals surface area contributed by atoms with Crippen molar-refractivity contribution in [3.8, 4) is 0 Å². The van der Waals surface area contributed by atoms with Gasteiger partial charge in [0.15, 0.2) is 0 Å². The van der Waals surface area contributed by atoms with Crippen LogP contribution in [0, 0.1) is 0 Å². The predicted molar refractivity (Wildman–Crippen MR) is 81.0 cm³/mol. The van der Waals surface area contributed by atoms with E-state index in [1.54, 1.807) is 22.8 Å². The summed E-state index contributed by atoms with van der Waals surface area (Å²) in [6.45, 7) is 6.44. The van der Waals surface area contributed by atoms with Crippen LogP contribution in [0.15, 0.2) is 12.4 Å². The summed E-state index contributed by atoms with van der Waals surface area (Å²) in [6, 6.07) is -0.352. The number of nitrogens with one attached hydrogen (secondary N) is 1. The van der Waals surface area contributed by atoms with Crippen molar-refractivity contribution >= 4 is 18.3 Å². The predicted octanol–water partition coefficient (Wildman–Crippen LogP) is 0.987. The van der Waals surface area contributed by atoms with Gasteiger partial charge in [-0.3, -0.25) is 9.48 Å². The fourth-order valence-corrected chi connectivity index (χ4v) is 1.95. The first-order chi connectivity index (χ1) is 9.13. The molecule has 1 N–H and O–H groups in total. The van der Waals surface area contributed by atoms with Gasteiger partial charge in [-0.25, -0.2) is 0 Å². The largest absolute Gasteiger partial charge is 0.380 e. The zero-order valence-corrected chi connectivity index (χ0v) is 13.4. The van der Waals surface area contributed by atoms with Gasteiger partial charge in [-0.2, -0.15) is 5.10 Å². The second kappa shape index (κ2) is 9.74. The van der Waals surface area contributed by atoms with Gasteiger partial charge in [-0.15, -0.1) is 12.4 Å². The molecular weight excluding hydrogens is 280 g/mol. The summed E-state index contributed by atoms with van der Waals surface area (Å²) >= 11 is 0. The minimum Gasteiger partial charge on any atom is -0.380 e. The molecule has 0 aliphatic rings. The number of halogens is 1. The zero-order valence-electron chi connectivity index (χ0n) is 12.6. The van der Waals surface area contributed by atoms with E-state index in [2.05, 4.69) is 10.4 Å². The van der Waals surface area contributed by atoms with E-state index in [4.69, 9.17) is 4.74 Å². The zero-order chi connectivity index (χ0) is 14.3. The number of carbonyl (C=O) groups excluding carboxylic acids is 1. The molecule has 0 aromatic carbocycles. The number of ether oxygens (including phenoxy) is 1. The standard InChI is InChI=1S/C13H24N4O2.ClH/c1-5-17(7-8-19-6-2)13(18)12(14-3)11-9-15-16(4)10-11;/h9-10,12,14H,5-8H2,1-4H3;1H. The molecule has 0 spiro atoms. The van der Waals surface area contributed by atoms with E-state index in [1.165, 1.54) is 0 Å². The molecule has 0 aliphatic heterocycles. The van der Waals surface area contributed by atoms with Gasteiger partial charge in [0.25, 0.3) is 0 Å². The summed E-state index contributed by atoms with van der Waals surface area (Å²) in [5.74, 6) is 0.0534. The summed E-state index contributed by atoms with van der Waals surface area (Å²) in [6.07, 6.45) is 3.57. The Labute approximate surface area is 126 Å². The van der Waals surface area contributed by atoms with Crippen LogP contribution in [0.3, 0.4) is 0 Å². The highest BCUT2D eigenvalue weighted by Gasteiger charge is 2.24. The lowest BCUT2D eigenvalue weighted by molar-refractivity contribution is -0.134. The number of aromatic nitrogens is 2. The summed E-state index contributed by atoms with van der Waals surface area (Å²) in [4.78, 5) is 14.3. The molecule has 0 radical (unpaired) electrons. The lowest BCUT2D eigenvalue weighted by Gasteiger charge is -2.25. The molecule has 1 unspecified atom stereocenters. The van der Waals surface area contributed by atoms with Gasteiger partial charge in [0.1, 0.15) is 6.04 Å². The number of hydrogen-bond acceptors (Lipinski definition) is 4. The molecule has 1 aromatic rings. The van der Waals surface area contributed by atoms with Gasteiger partial charge >= 0.3 is 0 Å². The fourth-order valence-electron chi connectivity index (χ4n) is 1.95. The Kier molecular flexibility index (Phi) is 9.20. The third-order valence-electron chi connectivity index (χ3n) is 3.00. The Hall–Kier alpha value is -1.11. The first-order valence-electron chi connectivity index (χ1n) is 6.66. The molecule has 0 aliphatic carbocycles. The monoisotopic (exact) mass is 304 g/mol. The Morgan fingerprint density at radius 2 is 2.25 bits per heavy atom. The Morgan fingerprint density at radius 3 is 2.70 bits per heavy atom. The van der Waals surface area contributed by atoms with Crippen molar-refractivity contribution in [2.75, 3.05) is 33.4 Å². The Balaban J connectivity index is 0.00000361. The van der Waals surface area contributed by atoms with E-state index in [0.29, 0.717) is 26.3 Å². The van der Waals surface area contributed by atoms with Crippen molar-refractivity contribution in [3.63, 3.8) is 0 Å². The van der Waals surface area contributed by atoms with E-state index >= 15 is 0 Å². The normalized spacial score (nSPS) is 11.8. The van der Waals surface area contributed by atoms with E-state index in [9.17, 15) is 4.79 Å². The quantitative estimate of drug-likeness (QED) is 0.728. The van der Waals surface area contributed by atoms with E-state index in [0.717, 1.165) is 5.56 Å². The summed E-state index contributed by atoms with van der Waals surface area (Å²) in [7, 11) is 3.62. The number of nitrogens with zero attached hydrogens (tertiary/aromatic N) is 3. The molecule has 1 rings (SSSR count). The van der Waals surface area contributed by atoms with Crippen LogP contribution in [0.5, 0.6) is 0 Å². The van der Waals surface area contributed by atoms with Crippen molar-refractivity contribution in [3.05, 3.63) is 18.0 Å². The summed E-state index contributed by atoms with van der Waals surface area (Å²) in [5, 5.41) is 7.16. The number of likely N-dealkylation sites (N-methyl/N-ethyl adjacent to an activating group) is 2. The lowest BCUT2D eigenvalue weighted by Crippen LogP contribution is -2.41. The molecule has 1 heterocycles. The molecule has 0 saturated heterocycles. The summed E-state index contributed by atoms with van der Waals surface area (Å²) in [5.41, 5.74) is 0.879. The molecule has 116 valence electrons. The van der Waals surface area contributed by atoms with Crippen LogP contribution >= 0.6 is 12.4 Å². The minimum absolute atomic E-state index is 0. The number of aryl methyl sites for hydroxylation is 1. The molecule has 20 heavy (non-hydrogen) atoms. The van der Waals surface area contributed by atoms with Gasteiger partial charge in [0.2, 0.25) is 5.91 Å². The third kappa shape index (κ3) is 5.11. The van der Waals surface area contributed by atoms with Crippen LogP contribution in [0.2, 0.25) is 0 Å². The maximum atomic E-state index is 12.5. The van der Waals surface area contributed by atoms with Crippen LogP contribution in [-0.4, -0.2) is 53.9 Å². The highest BCUT2D eigenvalue weighted by molar-refractivity contribution is 5.85. The molecule has 0 fully saturated rings. The average Bonchev–Trinajstić information content (AvgIpc) is 2.82. The van der Waals surface area contributed by atoms with E-state index in [-0.39, 0.29) is 24.4 Å². The molecule has 0 bridgehead atoms. The minimum atomic E-state index is -0.352. The van der Waals surface area contributed by atoms with Crippen molar-refractivity contribution < 1.29 is 9.53 Å². The van der Waals surface area contributed by atoms with E-state index < -0.39 is 0 Å². The first-order valence-corrected chi connectivity index (χ1v) is 6.66. The Morgan fingerprint density at radius 1 is 1.55 bits per heavy atom. The van der Waals surface area contributed by atoms with Crippen LogP contribution in [-0.2, 0) is 16.6 Å². The Bertz CT molecular complexity index is 397. The van der Waals surface area contributed by atoms with Gasteiger partial charge in [-0.1, -0.05) is 0 Å². The van der Waals surface area contributed by atoms with Crippen molar-refractivity contribution in [1.82, 2.24) is 20.0 Å². The van der Waals surface area contributed by atoms with Gasteiger partial charge in [0, 0.05) is 38.5 Å². The van der Waals surface area contributed by atoms with Gasteiger partial charge in [0.05, 0.1) is 12.8 Å². The number of carbonyl (C=O) groups is 1. The fraction of sp³-hybridized carbons (Fsp3) is 0.692. The van der Waals surface area contributed by atoms with Crippen LogP contribution in [0.25, 0.3) is 0 Å².